The Hall–Kier alpha value is -6.18. The second-order valence-electron chi connectivity index (χ2n) is 11.4. The molecule has 50 heavy (non-hydrogen) atoms. The molecule has 0 unspecified atom stereocenters. The molecule has 8 rings (SSSR count). The summed E-state index contributed by atoms with van der Waals surface area (Å²) in [6.45, 7) is -0.129. The third kappa shape index (κ3) is 4.94. The van der Waals surface area contributed by atoms with Crippen LogP contribution in [0.15, 0.2) is 36.4 Å². The number of aryl methyl sites for hydroxylation is 2. The summed E-state index contributed by atoms with van der Waals surface area (Å²) in [6, 6.07) is 10.1. The highest BCUT2D eigenvalue weighted by Gasteiger charge is 2.36. The van der Waals surface area contributed by atoms with Gasteiger partial charge in [-0.15, -0.1) is 0 Å². The molecule has 4 aromatic rings. The molecular formula is C36H30O14. The molecule has 14 heteroatoms. The Morgan fingerprint density at radius 2 is 1.06 bits per heavy atom. The summed E-state index contributed by atoms with van der Waals surface area (Å²) < 4.78 is 68.1. The van der Waals surface area contributed by atoms with Crippen molar-refractivity contribution in [3.8, 4) is 80.1 Å². The maximum atomic E-state index is 14.0. The summed E-state index contributed by atoms with van der Waals surface area (Å²) in [6.07, 6.45) is 1.08. The van der Waals surface area contributed by atoms with Crippen molar-refractivity contribution in [2.24, 2.45) is 0 Å². The Bertz CT molecular complexity index is 2070. The number of rotatable bonds is 11. The molecule has 4 heterocycles. The van der Waals surface area contributed by atoms with Gasteiger partial charge in [0, 0.05) is 16.7 Å². The minimum Gasteiger partial charge on any atom is -0.493 e. The van der Waals surface area contributed by atoms with Gasteiger partial charge in [0.25, 0.3) is 0 Å². The number of carbonyl (C=O) groups excluding carboxylic acids is 2. The van der Waals surface area contributed by atoms with E-state index >= 15 is 0 Å². The van der Waals surface area contributed by atoms with Crippen LogP contribution in [0.5, 0.6) is 69.0 Å². The normalized spacial score (nSPS) is 14.1. The molecule has 0 saturated heterocycles. The van der Waals surface area contributed by atoms with E-state index in [-0.39, 0.29) is 67.0 Å². The molecule has 258 valence electrons. The lowest BCUT2D eigenvalue weighted by Crippen LogP contribution is -2.16. The molecule has 0 aromatic heterocycles. The molecule has 0 spiro atoms. The van der Waals surface area contributed by atoms with Crippen molar-refractivity contribution in [3.05, 3.63) is 58.7 Å². The number of fused-ring (bicyclic) bond motifs is 4. The van der Waals surface area contributed by atoms with E-state index in [9.17, 15) is 9.59 Å². The summed E-state index contributed by atoms with van der Waals surface area (Å²) in [5.41, 5.74) is 2.66. The molecule has 0 fully saturated rings. The first kappa shape index (κ1) is 31.1. The maximum Gasteiger partial charge on any atom is 0.237 e. The lowest BCUT2D eigenvalue weighted by Gasteiger charge is -2.19. The molecule has 14 nitrogen and oxygen atoms in total. The van der Waals surface area contributed by atoms with Gasteiger partial charge in [-0.3, -0.25) is 9.59 Å². The average Bonchev–Trinajstić information content (AvgIpc) is 3.98. The fraction of sp³-hybridized carbons (Fsp3) is 0.278. The standard InChI is InChI=1S/C36H30O14/c1-39-23-7-17(8-25-33(23)47-13-43-25)5-6-18-9-20(30(41-3)35-29(18)45-15-49-35)21-12-22(32-36(31(21)42-4)50-16-46-32)28(38)27(37)19-10-24(40-2)34-26(11-19)44-14-48-34/h7-12H,5-6,13-16H2,1-4H3. The molecule has 4 aliphatic heterocycles. The summed E-state index contributed by atoms with van der Waals surface area (Å²) >= 11 is 0. The highest BCUT2D eigenvalue weighted by molar-refractivity contribution is 6.50. The smallest absolute Gasteiger partial charge is 0.237 e. The number of benzene rings is 4. The van der Waals surface area contributed by atoms with Crippen molar-refractivity contribution in [3.63, 3.8) is 0 Å². The summed E-state index contributed by atoms with van der Waals surface area (Å²) in [5, 5.41) is 0. The van der Waals surface area contributed by atoms with Gasteiger partial charge in [-0.1, -0.05) is 0 Å². The van der Waals surface area contributed by atoms with E-state index in [0.29, 0.717) is 64.2 Å². The largest absolute Gasteiger partial charge is 0.493 e. The van der Waals surface area contributed by atoms with Gasteiger partial charge in [0.2, 0.25) is 61.7 Å². The number of ether oxygens (including phenoxy) is 12. The molecule has 0 amide bonds. The fourth-order valence-electron chi connectivity index (χ4n) is 6.44. The number of hydrogen-bond acceptors (Lipinski definition) is 14. The molecule has 4 aromatic carbocycles. The zero-order valence-corrected chi connectivity index (χ0v) is 27.4. The number of ketones is 2. The Morgan fingerprint density at radius 3 is 1.72 bits per heavy atom. The highest BCUT2D eigenvalue weighted by Crippen LogP contribution is 2.56. The van der Waals surface area contributed by atoms with Gasteiger partial charge in [-0.05, 0) is 60.4 Å². The lowest BCUT2D eigenvalue weighted by atomic mass is 9.92. The van der Waals surface area contributed by atoms with E-state index < -0.39 is 11.6 Å². The van der Waals surface area contributed by atoms with Gasteiger partial charge in [-0.2, -0.15) is 0 Å². The van der Waals surface area contributed by atoms with Crippen LogP contribution in [-0.2, 0) is 12.8 Å². The number of hydrogen-bond donors (Lipinski definition) is 0. The zero-order valence-electron chi connectivity index (χ0n) is 27.4. The average molecular weight is 687 g/mol. The molecule has 4 aliphatic rings. The van der Waals surface area contributed by atoms with Crippen LogP contribution in [0.4, 0.5) is 0 Å². The van der Waals surface area contributed by atoms with Crippen LogP contribution in [0.3, 0.4) is 0 Å². The summed E-state index contributed by atoms with van der Waals surface area (Å²) in [4.78, 5) is 27.8. The third-order valence-corrected chi connectivity index (χ3v) is 8.74. The summed E-state index contributed by atoms with van der Waals surface area (Å²) in [5.74, 6) is 2.74. The van der Waals surface area contributed by atoms with Gasteiger partial charge in [0.15, 0.2) is 46.0 Å². The quantitative estimate of drug-likeness (QED) is 0.151. The van der Waals surface area contributed by atoms with E-state index in [1.165, 1.54) is 39.5 Å². The molecular weight excluding hydrogens is 656 g/mol. The van der Waals surface area contributed by atoms with E-state index in [1.54, 1.807) is 7.11 Å². The van der Waals surface area contributed by atoms with Crippen molar-refractivity contribution >= 4 is 11.6 Å². The van der Waals surface area contributed by atoms with E-state index in [2.05, 4.69) is 0 Å². The van der Waals surface area contributed by atoms with Crippen LogP contribution in [0.25, 0.3) is 11.1 Å². The van der Waals surface area contributed by atoms with Gasteiger partial charge >= 0.3 is 0 Å². The van der Waals surface area contributed by atoms with Crippen LogP contribution in [0.1, 0.15) is 31.8 Å². The van der Waals surface area contributed by atoms with Crippen LogP contribution < -0.4 is 56.8 Å². The fourth-order valence-corrected chi connectivity index (χ4v) is 6.44. The second-order valence-corrected chi connectivity index (χ2v) is 11.4. The molecule has 0 radical (unpaired) electrons. The SMILES string of the molecule is COc1cc(CCc2cc(-c3cc(C(=O)C(=O)c4cc(OC)c5c(c4)OCO5)c4c(c3OC)OCO4)c(OC)c3c2OCO3)cc2c1OCO2. The van der Waals surface area contributed by atoms with Crippen molar-refractivity contribution in [2.75, 3.05) is 55.6 Å². The molecule has 0 aliphatic carbocycles. The lowest BCUT2D eigenvalue weighted by molar-refractivity contribution is 0.0814. The Kier molecular flexibility index (Phi) is 7.69. The second kappa shape index (κ2) is 12.4. The van der Waals surface area contributed by atoms with Gasteiger partial charge in [0.05, 0.1) is 34.0 Å². The summed E-state index contributed by atoms with van der Waals surface area (Å²) in [7, 11) is 5.98. The van der Waals surface area contributed by atoms with Gasteiger partial charge in [0.1, 0.15) is 0 Å². The van der Waals surface area contributed by atoms with Crippen LogP contribution in [0.2, 0.25) is 0 Å². The predicted molar refractivity (Wildman–Crippen MR) is 172 cm³/mol. The molecule has 0 N–H and O–H groups in total. The highest BCUT2D eigenvalue weighted by atomic mass is 16.7. The minimum absolute atomic E-state index is 0.0184. The first-order chi connectivity index (χ1) is 24.4. The Labute approximate surface area is 285 Å². The number of Topliss-reactive ketones (excluding diaryl/α,β-unsaturated/α-hetero) is 2. The Balaban J connectivity index is 1.22. The predicted octanol–water partition coefficient (Wildman–Crippen LogP) is 5.15. The van der Waals surface area contributed by atoms with E-state index in [0.717, 1.165) is 11.1 Å². The zero-order chi connectivity index (χ0) is 34.5. The van der Waals surface area contributed by atoms with Gasteiger partial charge < -0.3 is 56.8 Å². The van der Waals surface area contributed by atoms with Crippen molar-refractivity contribution in [1.82, 2.24) is 0 Å². The van der Waals surface area contributed by atoms with Crippen LogP contribution in [0, 0.1) is 0 Å². The maximum absolute atomic E-state index is 14.0. The van der Waals surface area contributed by atoms with Crippen LogP contribution in [-0.4, -0.2) is 67.2 Å². The molecule has 0 bridgehead atoms. The van der Waals surface area contributed by atoms with Crippen molar-refractivity contribution < 1.29 is 66.4 Å². The van der Waals surface area contributed by atoms with E-state index in [1.807, 2.05) is 18.2 Å². The minimum atomic E-state index is -0.853. The van der Waals surface area contributed by atoms with Crippen molar-refractivity contribution in [2.45, 2.75) is 12.8 Å². The van der Waals surface area contributed by atoms with Gasteiger partial charge in [-0.25, -0.2) is 0 Å². The molecule has 0 saturated carbocycles. The monoisotopic (exact) mass is 686 g/mol. The van der Waals surface area contributed by atoms with Crippen molar-refractivity contribution in [1.29, 1.82) is 0 Å². The third-order valence-electron chi connectivity index (χ3n) is 8.74. The number of carbonyl (C=O) groups is 2. The number of methoxy groups -OCH3 is 4. The van der Waals surface area contributed by atoms with E-state index in [4.69, 9.17) is 56.8 Å². The van der Waals surface area contributed by atoms with Crippen LogP contribution >= 0.6 is 0 Å². The first-order valence-corrected chi connectivity index (χ1v) is 15.5. The molecule has 0 atom stereocenters. The first-order valence-electron chi connectivity index (χ1n) is 15.5. The topological polar surface area (TPSA) is 145 Å². The Morgan fingerprint density at radius 1 is 0.520 bits per heavy atom.